The maximum atomic E-state index is 12.2. The lowest BCUT2D eigenvalue weighted by Gasteiger charge is -2.27. The van der Waals surface area contributed by atoms with E-state index >= 15 is 0 Å². The molecule has 9 heteroatoms. The van der Waals surface area contributed by atoms with Gasteiger partial charge in [-0.1, -0.05) is 0 Å². The smallest absolute Gasteiger partial charge is 0.256 e. The van der Waals surface area contributed by atoms with Crippen molar-refractivity contribution in [1.82, 2.24) is 15.5 Å². The third-order valence-electron chi connectivity index (χ3n) is 4.32. The van der Waals surface area contributed by atoms with Gasteiger partial charge in [-0.3, -0.25) is 4.79 Å². The standard InChI is InChI=1S/C15H22N4O3S.ClH/c20-15(17-7-5-12-2-1-6-16-10-12)13-3-4-14-18-23(21,22)9-8-19(14)11-13;/h3-4,11-12,16H,1-2,5-10H2,(H,17,20);1H. The van der Waals surface area contributed by atoms with Crippen molar-refractivity contribution >= 4 is 34.2 Å². The lowest BCUT2D eigenvalue weighted by atomic mass is 9.96. The number of halogens is 1. The molecule has 1 atom stereocenters. The number of nitrogens with one attached hydrogen (secondary N) is 2. The SMILES string of the molecule is Cl.O=C(NCCC1CCCNC1)C1=CN2CCS(=O)(=O)N=C2C=C1. The first-order valence-electron chi connectivity index (χ1n) is 8.02. The highest BCUT2D eigenvalue weighted by atomic mass is 35.5. The molecule has 0 saturated carbocycles. The van der Waals surface area contributed by atoms with E-state index in [0.717, 1.165) is 19.5 Å². The van der Waals surface area contributed by atoms with Crippen molar-refractivity contribution in [2.24, 2.45) is 10.3 Å². The van der Waals surface area contributed by atoms with Crippen molar-refractivity contribution in [2.75, 3.05) is 31.9 Å². The van der Waals surface area contributed by atoms with Gasteiger partial charge in [-0.25, -0.2) is 8.42 Å². The third-order valence-corrected chi connectivity index (χ3v) is 5.49. The maximum Gasteiger partial charge on any atom is 0.256 e. The van der Waals surface area contributed by atoms with Gasteiger partial charge in [0.15, 0.2) is 0 Å². The Hall–Kier alpha value is -1.38. The van der Waals surface area contributed by atoms with Crippen LogP contribution in [0.3, 0.4) is 0 Å². The van der Waals surface area contributed by atoms with Gasteiger partial charge >= 0.3 is 0 Å². The van der Waals surface area contributed by atoms with Gasteiger partial charge < -0.3 is 15.5 Å². The normalized spacial score (nSPS) is 25.0. The molecule has 7 nitrogen and oxygen atoms in total. The number of piperidine rings is 1. The van der Waals surface area contributed by atoms with Crippen LogP contribution in [0.2, 0.25) is 0 Å². The molecule has 3 aliphatic heterocycles. The molecule has 0 spiro atoms. The Morgan fingerprint density at radius 3 is 3.00 bits per heavy atom. The Kier molecular flexibility index (Phi) is 6.42. The van der Waals surface area contributed by atoms with Crippen LogP contribution >= 0.6 is 12.4 Å². The maximum absolute atomic E-state index is 12.2. The second-order valence-electron chi connectivity index (χ2n) is 6.10. The Bertz CT molecular complexity index is 666. The number of sulfonamides is 1. The van der Waals surface area contributed by atoms with Crippen LogP contribution in [0.25, 0.3) is 0 Å². The van der Waals surface area contributed by atoms with Crippen molar-refractivity contribution in [3.05, 3.63) is 23.9 Å². The second-order valence-corrected chi connectivity index (χ2v) is 7.86. The van der Waals surface area contributed by atoms with Crippen molar-refractivity contribution in [3.8, 4) is 0 Å². The van der Waals surface area contributed by atoms with Crippen LogP contribution in [0.1, 0.15) is 19.3 Å². The molecule has 3 aliphatic rings. The van der Waals surface area contributed by atoms with E-state index in [4.69, 9.17) is 0 Å². The van der Waals surface area contributed by atoms with Crippen molar-refractivity contribution in [2.45, 2.75) is 19.3 Å². The summed E-state index contributed by atoms with van der Waals surface area (Å²) in [7, 11) is -3.36. The fraction of sp³-hybridized carbons (Fsp3) is 0.600. The summed E-state index contributed by atoms with van der Waals surface area (Å²) < 4.78 is 26.6. The van der Waals surface area contributed by atoms with E-state index in [0.29, 0.717) is 30.4 Å². The predicted molar refractivity (Wildman–Crippen MR) is 95.6 cm³/mol. The molecule has 0 aromatic heterocycles. The summed E-state index contributed by atoms with van der Waals surface area (Å²) in [4.78, 5) is 13.9. The van der Waals surface area contributed by atoms with Gasteiger partial charge in [-0.2, -0.15) is 0 Å². The summed E-state index contributed by atoms with van der Waals surface area (Å²) in [5.41, 5.74) is 0.532. The molecule has 1 fully saturated rings. The van der Waals surface area contributed by atoms with Crippen LogP contribution in [0, 0.1) is 5.92 Å². The topological polar surface area (TPSA) is 90.9 Å². The number of fused-ring (bicyclic) bond motifs is 1. The van der Waals surface area contributed by atoms with Gasteiger partial charge in [0.25, 0.3) is 15.9 Å². The van der Waals surface area contributed by atoms with E-state index in [1.807, 2.05) is 0 Å². The largest absolute Gasteiger partial charge is 0.352 e. The molecule has 0 aliphatic carbocycles. The first-order chi connectivity index (χ1) is 11.0. The molecule has 0 bridgehead atoms. The quantitative estimate of drug-likeness (QED) is 0.743. The summed E-state index contributed by atoms with van der Waals surface area (Å²) in [6, 6.07) is 0. The zero-order chi connectivity index (χ0) is 16.3. The average Bonchev–Trinajstić information content (AvgIpc) is 2.54. The number of rotatable bonds is 4. The van der Waals surface area contributed by atoms with Gasteiger partial charge in [0.2, 0.25) is 0 Å². The van der Waals surface area contributed by atoms with Crippen molar-refractivity contribution < 1.29 is 13.2 Å². The Labute approximate surface area is 148 Å². The Balaban J connectivity index is 0.00000208. The van der Waals surface area contributed by atoms with Gasteiger partial charge in [-0.05, 0) is 50.4 Å². The van der Waals surface area contributed by atoms with Crippen LogP contribution in [-0.4, -0.2) is 57.0 Å². The zero-order valence-corrected chi connectivity index (χ0v) is 15.0. The minimum atomic E-state index is -3.36. The summed E-state index contributed by atoms with van der Waals surface area (Å²) in [6.07, 6.45) is 8.26. The molecule has 2 N–H and O–H groups in total. The Morgan fingerprint density at radius 2 is 2.25 bits per heavy atom. The number of amidine groups is 1. The molecule has 0 aromatic rings. The lowest BCUT2D eigenvalue weighted by molar-refractivity contribution is -0.117. The number of amides is 1. The number of carbonyl (C=O) groups is 1. The van der Waals surface area contributed by atoms with E-state index in [2.05, 4.69) is 15.0 Å². The van der Waals surface area contributed by atoms with E-state index in [1.54, 1.807) is 23.3 Å². The molecular weight excluding hydrogens is 352 g/mol. The second kappa shape index (κ2) is 8.13. The first kappa shape index (κ1) is 19.0. The molecule has 0 aromatic carbocycles. The van der Waals surface area contributed by atoms with Crippen molar-refractivity contribution in [3.63, 3.8) is 0 Å². The van der Waals surface area contributed by atoms with Crippen LogP contribution in [0.4, 0.5) is 0 Å². The minimum absolute atomic E-state index is 0. The molecule has 1 amide bonds. The fourth-order valence-corrected chi connectivity index (χ4v) is 3.97. The van der Waals surface area contributed by atoms with E-state index in [1.165, 1.54) is 12.8 Å². The molecule has 24 heavy (non-hydrogen) atoms. The molecule has 1 unspecified atom stereocenters. The third kappa shape index (κ3) is 4.81. The summed E-state index contributed by atoms with van der Waals surface area (Å²) >= 11 is 0. The fourth-order valence-electron chi connectivity index (χ4n) is 3.00. The highest BCUT2D eigenvalue weighted by Crippen LogP contribution is 2.16. The number of nitrogens with zero attached hydrogens (tertiary/aromatic N) is 2. The van der Waals surface area contributed by atoms with Crippen LogP contribution in [0.5, 0.6) is 0 Å². The highest BCUT2D eigenvalue weighted by Gasteiger charge is 2.25. The molecule has 1 saturated heterocycles. The summed E-state index contributed by atoms with van der Waals surface area (Å²) in [5, 5.41) is 6.31. The van der Waals surface area contributed by atoms with Crippen molar-refractivity contribution in [1.29, 1.82) is 0 Å². The summed E-state index contributed by atoms with van der Waals surface area (Å²) in [5.74, 6) is 0.856. The minimum Gasteiger partial charge on any atom is -0.352 e. The number of hydrogen-bond donors (Lipinski definition) is 2. The first-order valence-corrected chi connectivity index (χ1v) is 9.62. The number of carbonyl (C=O) groups excluding carboxylic acids is 1. The van der Waals surface area contributed by atoms with Gasteiger partial charge in [-0.15, -0.1) is 16.8 Å². The average molecular weight is 375 g/mol. The number of hydrogen-bond acceptors (Lipinski definition) is 5. The molecule has 0 radical (unpaired) electrons. The summed E-state index contributed by atoms with van der Waals surface area (Å²) in [6.45, 7) is 3.11. The highest BCUT2D eigenvalue weighted by molar-refractivity contribution is 7.90. The molecule has 134 valence electrons. The van der Waals surface area contributed by atoms with Crippen LogP contribution in [-0.2, 0) is 14.8 Å². The molecule has 3 rings (SSSR count). The van der Waals surface area contributed by atoms with E-state index in [9.17, 15) is 13.2 Å². The van der Waals surface area contributed by atoms with Crippen LogP contribution < -0.4 is 10.6 Å². The van der Waals surface area contributed by atoms with Gasteiger partial charge in [0.1, 0.15) is 5.84 Å². The zero-order valence-electron chi connectivity index (χ0n) is 13.4. The van der Waals surface area contributed by atoms with E-state index < -0.39 is 10.0 Å². The molecule has 3 heterocycles. The predicted octanol–water partition coefficient (Wildman–Crippen LogP) is 0.412. The molecular formula is C15H23ClN4O3S. The Morgan fingerprint density at radius 1 is 1.42 bits per heavy atom. The monoisotopic (exact) mass is 374 g/mol. The van der Waals surface area contributed by atoms with E-state index in [-0.39, 0.29) is 24.1 Å². The van der Waals surface area contributed by atoms with Gasteiger partial charge in [0.05, 0.1) is 11.3 Å². The van der Waals surface area contributed by atoms with Crippen LogP contribution in [0.15, 0.2) is 28.3 Å². The van der Waals surface area contributed by atoms with Gasteiger partial charge in [0, 0.05) is 19.3 Å². The lowest BCUT2D eigenvalue weighted by Crippen LogP contribution is -2.38.